The second kappa shape index (κ2) is 6.12. The molecule has 0 aromatic carbocycles. The van der Waals surface area contributed by atoms with E-state index in [0.29, 0.717) is 5.88 Å². The first-order valence-corrected chi connectivity index (χ1v) is 5.50. The molecule has 0 aliphatic heterocycles. The summed E-state index contributed by atoms with van der Waals surface area (Å²) in [4.78, 5) is 7.93. The molecule has 0 saturated heterocycles. The van der Waals surface area contributed by atoms with Crippen LogP contribution in [0.15, 0.2) is 12.5 Å². The normalized spacial score (nSPS) is 10.0. The summed E-state index contributed by atoms with van der Waals surface area (Å²) in [7, 11) is 0. The Labute approximate surface area is 92.1 Å². The molecule has 0 fully saturated rings. The first-order chi connectivity index (χ1) is 6.34. The number of hydrogen-bond acceptors (Lipinski definition) is 3. The first kappa shape index (κ1) is 10.7. The van der Waals surface area contributed by atoms with Crippen molar-refractivity contribution in [3.05, 3.63) is 16.1 Å². The van der Waals surface area contributed by atoms with Gasteiger partial charge in [-0.05, 0) is 29.0 Å². The average Bonchev–Trinajstić information content (AvgIpc) is 2.15. The van der Waals surface area contributed by atoms with E-state index in [0.717, 1.165) is 16.6 Å². The van der Waals surface area contributed by atoms with Gasteiger partial charge in [0.25, 0.3) is 0 Å². The van der Waals surface area contributed by atoms with Gasteiger partial charge in [-0.25, -0.2) is 9.97 Å². The zero-order chi connectivity index (χ0) is 9.52. The number of aromatic nitrogens is 2. The smallest absolute Gasteiger partial charge is 0.230 e. The number of nitrogens with zero attached hydrogens (tertiary/aromatic N) is 2. The van der Waals surface area contributed by atoms with Crippen LogP contribution >= 0.6 is 22.6 Å². The van der Waals surface area contributed by atoms with E-state index in [4.69, 9.17) is 4.74 Å². The summed E-state index contributed by atoms with van der Waals surface area (Å²) in [6.45, 7) is 2.93. The van der Waals surface area contributed by atoms with E-state index < -0.39 is 0 Å². The monoisotopic (exact) mass is 292 g/mol. The quantitative estimate of drug-likeness (QED) is 0.618. The highest BCUT2D eigenvalue weighted by Crippen LogP contribution is 2.15. The molecule has 0 unspecified atom stereocenters. The average molecular weight is 292 g/mol. The zero-order valence-electron chi connectivity index (χ0n) is 7.66. The summed E-state index contributed by atoms with van der Waals surface area (Å²) < 4.78 is 6.45. The third-order valence-electron chi connectivity index (χ3n) is 1.62. The SMILES string of the molecule is CCCCCOc1ncncc1I. The Morgan fingerprint density at radius 1 is 1.46 bits per heavy atom. The Kier molecular flexibility index (Phi) is 5.03. The van der Waals surface area contributed by atoms with Crippen molar-refractivity contribution in [2.75, 3.05) is 6.61 Å². The van der Waals surface area contributed by atoms with Crippen molar-refractivity contribution in [2.24, 2.45) is 0 Å². The van der Waals surface area contributed by atoms with E-state index in [-0.39, 0.29) is 0 Å². The minimum atomic E-state index is 0.701. The fourth-order valence-electron chi connectivity index (χ4n) is 0.929. The maximum Gasteiger partial charge on any atom is 0.230 e. The lowest BCUT2D eigenvalue weighted by atomic mass is 10.3. The van der Waals surface area contributed by atoms with Gasteiger partial charge in [-0.3, -0.25) is 0 Å². The summed E-state index contributed by atoms with van der Waals surface area (Å²) >= 11 is 2.17. The third kappa shape index (κ3) is 3.89. The number of halogens is 1. The van der Waals surface area contributed by atoms with Gasteiger partial charge in [-0.15, -0.1) is 0 Å². The lowest BCUT2D eigenvalue weighted by Crippen LogP contribution is -2.00. The van der Waals surface area contributed by atoms with E-state index in [9.17, 15) is 0 Å². The van der Waals surface area contributed by atoms with E-state index in [1.54, 1.807) is 6.20 Å². The van der Waals surface area contributed by atoms with E-state index >= 15 is 0 Å². The summed E-state index contributed by atoms with van der Waals surface area (Å²) in [6.07, 6.45) is 6.78. The molecule has 0 bridgehead atoms. The van der Waals surface area contributed by atoms with Crippen molar-refractivity contribution in [3.8, 4) is 5.88 Å². The Balaban J connectivity index is 2.32. The van der Waals surface area contributed by atoms with Gasteiger partial charge >= 0.3 is 0 Å². The second-order valence-corrected chi connectivity index (χ2v) is 3.89. The largest absolute Gasteiger partial charge is 0.477 e. The molecule has 0 aliphatic rings. The molecule has 0 N–H and O–H groups in total. The Bertz CT molecular complexity index is 255. The molecule has 1 rings (SSSR count). The van der Waals surface area contributed by atoms with Gasteiger partial charge in [0.2, 0.25) is 5.88 Å². The Morgan fingerprint density at radius 2 is 2.31 bits per heavy atom. The van der Waals surface area contributed by atoms with Crippen LogP contribution in [0, 0.1) is 3.57 Å². The predicted octanol–water partition coefficient (Wildman–Crippen LogP) is 2.65. The number of hydrogen-bond donors (Lipinski definition) is 0. The van der Waals surface area contributed by atoms with Crippen molar-refractivity contribution in [1.29, 1.82) is 0 Å². The van der Waals surface area contributed by atoms with E-state index in [1.807, 2.05) is 0 Å². The summed E-state index contributed by atoms with van der Waals surface area (Å²) in [5.74, 6) is 0.701. The van der Waals surface area contributed by atoms with Crippen molar-refractivity contribution < 1.29 is 4.74 Å². The predicted molar refractivity (Wildman–Crippen MR) is 59.8 cm³/mol. The lowest BCUT2D eigenvalue weighted by molar-refractivity contribution is 0.292. The van der Waals surface area contributed by atoms with Crippen molar-refractivity contribution in [2.45, 2.75) is 26.2 Å². The minimum Gasteiger partial charge on any atom is -0.477 e. The molecule has 0 amide bonds. The van der Waals surface area contributed by atoms with Crippen LogP contribution in [-0.2, 0) is 0 Å². The third-order valence-corrected chi connectivity index (χ3v) is 2.36. The van der Waals surface area contributed by atoms with Crippen LogP contribution in [0.4, 0.5) is 0 Å². The van der Waals surface area contributed by atoms with Crippen LogP contribution < -0.4 is 4.74 Å². The molecule has 13 heavy (non-hydrogen) atoms. The molecule has 0 spiro atoms. The van der Waals surface area contributed by atoms with Gasteiger partial charge in [-0.1, -0.05) is 19.8 Å². The van der Waals surface area contributed by atoms with Crippen LogP contribution in [0.1, 0.15) is 26.2 Å². The van der Waals surface area contributed by atoms with Crippen molar-refractivity contribution >= 4 is 22.6 Å². The molecule has 3 nitrogen and oxygen atoms in total. The highest BCUT2D eigenvalue weighted by molar-refractivity contribution is 14.1. The topological polar surface area (TPSA) is 35.0 Å². The standard InChI is InChI=1S/C9H13IN2O/c1-2-3-4-5-13-9-8(10)6-11-7-12-9/h6-7H,2-5H2,1H3. The zero-order valence-corrected chi connectivity index (χ0v) is 9.82. The van der Waals surface area contributed by atoms with Gasteiger partial charge in [-0.2, -0.15) is 0 Å². The number of unbranched alkanes of at least 4 members (excludes halogenated alkanes) is 2. The number of rotatable bonds is 5. The second-order valence-electron chi connectivity index (χ2n) is 2.73. The van der Waals surface area contributed by atoms with Crippen molar-refractivity contribution in [1.82, 2.24) is 9.97 Å². The molecule has 4 heteroatoms. The molecule has 0 radical (unpaired) electrons. The molecule has 0 atom stereocenters. The molecular weight excluding hydrogens is 279 g/mol. The molecule has 1 aromatic rings. The first-order valence-electron chi connectivity index (χ1n) is 4.43. The molecule has 0 saturated carbocycles. The van der Waals surface area contributed by atoms with Crippen LogP contribution in [0.3, 0.4) is 0 Å². The molecular formula is C9H13IN2O. The van der Waals surface area contributed by atoms with Crippen LogP contribution in [0.2, 0.25) is 0 Å². The van der Waals surface area contributed by atoms with Crippen LogP contribution in [0.5, 0.6) is 5.88 Å². The van der Waals surface area contributed by atoms with E-state index in [2.05, 4.69) is 39.5 Å². The Hall–Kier alpha value is -0.390. The summed E-state index contributed by atoms with van der Waals surface area (Å²) in [5, 5.41) is 0. The fourth-order valence-corrected chi connectivity index (χ4v) is 1.38. The van der Waals surface area contributed by atoms with E-state index in [1.165, 1.54) is 19.2 Å². The minimum absolute atomic E-state index is 0.701. The van der Waals surface area contributed by atoms with Gasteiger partial charge < -0.3 is 4.74 Å². The molecule has 72 valence electrons. The van der Waals surface area contributed by atoms with Gasteiger partial charge in [0.1, 0.15) is 6.33 Å². The fraction of sp³-hybridized carbons (Fsp3) is 0.556. The van der Waals surface area contributed by atoms with Gasteiger partial charge in [0, 0.05) is 6.20 Å². The van der Waals surface area contributed by atoms with Crippen LogP contribution in [-0.4, -0.2) is 16.6 Å². The van der Waals surface area contributed by atoms with Crippen molar-refractivity contribution in [3.63, 3.8) is 0 Å². The highest BCUT2D eigenvalue weighted by Gasteiger charge is 2.00. The summed E-state index contributed by atoms with van der Waals surface area (Å²) in [5.41, 5.74) is 0. The summed E-state index contributed by atoms with van der Waals surface area (Å²) in [6, 6.07) is 0. The lowest BCUT2D eigenvalue weighted by Gasteiger charge is -2.04. The van der Waals surface area contributed by atoms with Crippen LogP contribution in [0.25, 0.3) is 0 Å². The maximum absolute atomic E-state index is 5.48. The van der Waals surface area contributed by atoms with Gasteiger partial charge in [0.15, 0.2) is 0 Å². The molecule has 0 aliphatic carbocycles. The number of ether oxygens (including phenoxy) is 1. The molecule has 1 heterocycles. The maximum atomic E-state index is 5.48. The highest BCUT2D eigenvalue weighted by atomic mass is 127. The van der Waals surface area contributed by atoms with Gasteiger partial charge in [0.05, 0.1) is 10.2 Å². The Morgan fingerprint density at radius 3 is 3.00 bits per heavy atom. The molecule has 1 aromatic heterocycles.